The summed E-state index contributed by atoms with van der Waals surface area (Å²) in [6, 6.07) is 5.66. The van der Waals surface area contributed by atoms with Crippen molar-refractivity contribution in [1.82, 2.24) is 0 Å². The molecule has 3 aliphatic carbocycles. The van der Waals surface area contributed by atoms with Gasteiger partial charge in [0.1, 0.15) is 0 Å². The number of rotatable bonds is 2. The zero-order chi connectivity index (χ0) is 18.7. The minimum absolute atomic E-state index is 0.0487. The molecule has 4 atom stereocenters. The Labute approximate surface area is 156 Å². The number of hydrogen-bond acceptors (Lipinski definition) is 4. The summed E-state index contributed by atoms with van der Waals surface area (Å²) in [5.41, 5.74) is 3.19. The van der Waals surface area contributed by atoms with Crippen LogP contribution in [0, 0.1) is 33.8 Å². The van der Waals surface area contributed by atoms with E-state index in [0.717, 1.165) is 12.8 Å². The summed E-state index contributed by atoms with van der Waals surface area (Å²) in [6.45, 7) is 0. The smallest absolute Gasteiger partial charge is 0.269 e. The highest BCUT2D eigenvalue weighted by Gasteiger charge is 2.62. The number of allylic oxidation sites excluding steroid dienone is 4. The average molecular weight is 364 g/mol. The quantitative estimate of drug-likeness (QED) is 0.346. The van der Waals surface area contributed by atoms with Gasteiger partial charge in [-0.2, -0.15) is 0 Å². The van der Waals surface area contributed by atoms with Crippen LogP contribution >= 0.6 is 0 Å². The van der Waals surface area contributed by atoms with Crippen molar-refractivity contribution in [3.05, 3.63) is 57.7 Å². The third-order valence-electron chi connectivity index (χ3n) is 6.60. The summed E-state index contributed by atoms with van der Waals surface area (Å²) in [4.78, 5) is 37.9. The molecule has 2 bridgehead atoms. The minimum atomic E-state index is -0.487. The lowest BCUT2D eigenvalue weighted by atomic mass is 9.85. The lowest BCUT2D eigenvalue weighted by Gasteiger charge is -2.23. The fourth-order valence-corrected chi connectivity index (χ4v) is 5.48. The molecule has 1 saturated heterocycles. The van der Waals surface area contributed by atoms with Gasteiger partial charge in [0.25, 0.3) is 5.69 Å². The van der Waals surface area contributed by atoms with E-state index in [1.165, 1.54) is 59.6 Å². The number of nitrogens with zero attached hydrogens (tertiary/aromatic N) is 2. The van der Waals surface area contributed by atoms with Gasteiger partial charge in [0.05, 0.1) is 22.4 Å². The van der Waals surface area contributed by atoms with Crippen molar-refractivity contribution in [1.29, 1.82) is 0 Å². The molecular weight excluding hydrogens is 344 g/mol. The Morgan fingerprint density at radius 1 is 0.889 bits per heavy atom. The van der Waals surface area contributed by atoms with Crippen LogP contribution in [0.25, 0.3) is 0 Å². The van der Waals surface area contributed by atoms with E-state index in [-0.39, 0.29) is 41.2 Å². The van der Waals surface area contributed by atoms with Gasteiger partial charge in [0.15, 0.2) is 0 Å². The molecule has 1 heterocycles. The maximum atomic E-state index is 13.1. The topological polar surface area (TPSA) is 80.5 Å². The number of benzene rings is 1. The molecule has 1 aromatic carbocycles. The van der Waals surface area contributed by atoms with Crippen LogP contribution in [-0.4, -0.2) is 16.7 Å². The molecule has 6 heteroatoms. The van der Waals surface area contributed by atoms with Crippen molar-refractivity contribution in [3.8, 4) is 0 Å². The molecule has 2 saturated carbocycles. The van der Waals surface area contributed by atoms with Gasteiger partial charge in [-0.3, -0.25) is 19.7 Å². The molecule has 0 spiro atoms. The van der Waals surface area contributed by atoms with Crippen molar-refractivity contribution < 1.29 is 14.5 Å². The third-order valence-corrected chi connectivity index (χ3v) is 6.60. The second kappa shape index (κ2) is 5.87. The second-order valence-corrected chi connectivity index (χ2v) is 7.89. The summed E-state index contributed by atoms with van der Waals surface area (Å²) in [5, 5.41) is 10.8. The molecule has 27 heavy (non-hydrogen) atoms. The van der Waals surface area contributed by atoms with Crippen LogP contribution in [0.3, 0.4) is 0 Å². The molecule has 2 amide bonds. The zero-order valence-corrected chi connectivity index (χ0v) is 14.8. The highest BCUT2D eigenvalue weighted by Crippen LogP contribution is 2.58. The molecule has 0 radical (unpaired) electrons. The number of fused-ring (bicyclic) bond motifs is 5. The number of non-ortho nitro benzene ring substituents is 1. The fraction of sp³-hybridized carbons (Fsp3) is 0.429. The van der Waals surface area contributed by atoms with E-state index in [4.69, 9.17) is 0 Å². The lowest BCUT2D eigenvalue weighted by Crippen LogP contribution is -2.33. The van der Waals surface area contributed by atoms with Gasteiger partial charge in [-0.25, -0.2) is 4.90 Å². The molecule has 6 nitrogen and oxygen atoms in total. The Morgan fingerprint density at radius 2 is 1.44 bits per heavy atom. The number of hydrogen-bond donors (Lipinski definition) is 0. The SMILES string of the molecule is O=C1[C@@H]2[C@H](C(=O)N1c1ccc([N+](=O)[O-])cc1)[C@H]1C=C[C@@H]2C1=C1CCCCC1. The Hall–Kier alpha value is -2.76. The maximum Gasteiger partial charge on any atom is 0.269 e. The first kappa shape index (κ1) is 16.4. The minimum Gasteiger partial charge on any atom is -0.274 e. The molecule has 0 aromatic heterocycles. The van der Waals surface area contributed by atoms with E-state index in [0.29, 0.717) is 5.69 Å². The van der Waals surface area contributed by atoms with Gasteiger partial charge in [-0.1, -0.05) is 29.7 Å². The summed E-state index contributed by atoms with van der Waals surface area (Å²) in [6.07, 6.45) is 10.1. The van der Waals surface area contributed by atoms with E-state index in [1.54, 1.807) is 0 Å². The van der Waals surface area contributed by atoms with Crippen LogP contribution in [0.2, 0.25) is 0 Å². The predicted octanol–water partition coefficient (Wildman–Crippen LogP) is 3.78. The predicted molar refractivity (Wildman–Crippen MR) is 98.8 cm³/mol. The largest absolute Gasteiger partial charge is 0.274 e. The van der Waals surface area contributed by atoms with Gasteiger partial charge in [-0.05, 0) is 37.8 Å². The summed E-state index contributed by atoms with van der Waals surface area (Å²) in [7, 11) is 0. The molecule has 1 aliphatic heterocycles. The molecule has 1 aromatic rings. The highest BCUT2D eigenvalue weighted by atomic mass is 16.6. The van der Waals surface area contributed by atoms with Crippen LogP contribution in [0.5, 0.6) is 0 Å². The number of anilines is 1. The molecule has 3 fully saturated rings. The van der Waals surface area contributed by atoms with Crippen LogP contribution < -0.4 is 4.90 Å². The zero-order valence-electron chi connectivity index (χ0n) is 14.8. The second-order valence-electron chi connectivity index (χ2n) is 7.89. The molecular formula is C21H20N2O4. The first-order valence-corrected chi connectivity index (χ1v) is 9.60. The first-order valence-electron chi connectivity index (χ1n) is 9.60. The highest BCUT2D eigenvalue weighted by molar-refractivity contribution is 6.23. The summed E-state index contributed by atoms with van der Waals surface area (Å²) >= 11 is 0. The Balaban J connectivity index is 1.48. The van der Waals surface area contributed by atoms with Gasteiger partial charge < -0.3 is 0 Å². The van der Waals surface area contributed by atoms with Crippen LogP contribution in [0.4, 0.5) is 11.4 Å². The summed E-state index contributed by atoms with van der Waals surface area (Å²) < 4.78 is 0. The van der Waals surface area contributed by atoms with E-state index in [2.05, 4.69) is 12.2 Å². The van der Waals surface area contributed by atoms with Crippen LogP contribution in [-0.2, 0) is 9.59 Å². The number of carbonyl (C=O) groups excluding carboxylic acids is 2. The van der Waals surface area contributed by atoms with Gasteiger partial charge in [-0.15, -0.1) is 0 Å². The Morgan fingerprint density at radius 3 is 1.96 bits per heavy atom. The molecule has 5 rings (SSSR count). The number of amides is 2. The maximum absolute atomic E-state index is 13.1. The number of nitro benzene ring substituents is 1. The van der Waals surface area contributed by atoms with Crippen molar-refractivity contribution >= 4 is 23.2 Å². The van der Waals surface area contributed by atoms with Crippen molar-refractivity contribution in [2.75, 3.05) is 4.90 Å². The molecule has 0 N–H and O–H groups in total. The van der Waals surface area contributed by atoms with Crippen molar-refractivity contribution in [2.45, 2.75) is 32.1 Å². The first-order chi connectivity index (χ1) is 13.1. The van der Waals surface area contributed by atoms with Gasteiger partial charge in [0.2, 0.25) is 11.8 Å². The average Bonchev–Trinajstić information content (AvgIpc) is 3.32. The molecule has 138 valence electrons. The van der Waals surface area contributed by atoms with Gasteiger partial charge in [0, 0.05) is 24.0 Å². The number of nitro groups is 1. The number of carbonyl (C=O) groups is 2. The van der Waals surface area contributed by atoms with E-state index >= 15 is 0 Å². The van der Waals surface area contributed by atoms with E-state index < -0.39 is 4.92 Å². The monoisotopic (exact) mass is 364 g/mol. The van der Waals surface area contributed by atoms with Crippen LogP contribution in [0.15, 0.2) is 47.6 Å². The van der Waals surface area contributed by atoms with E-state index in [1.807, 2.05) is 0 Å². The Bertz CT molecular complexity index is 873. The molecule has 0 unspecified atom stereocenters. The van der Waals surface area contributed by atoms with Crippen molar-refractivity contribution in [3.63, 3.8) is 0 Å². The lowest BCUT2D eigenvalue weighted by molar-refractivity contribution is -0.384. The van der Waals surface area contributed by atoms with Gasteiger partial charge >= 0.3 is 0 Å². The third kappa shape index (κ3) is 2.25. The normalized spacial score (nSPS) is 31.8. The number of imide groups is 1. The van der Waals surface area contributed by atoms with E-state index in [9.17, 15) is 19.7 Å². The summed E-state index contributed by atoms with van der Waals surface area (Å²) in [5.74, 6) is -0.853. The van der Waals surface area contributed by atoms with Crippen molar-refractivity contribution in [2.24, 2.45) is 23.7 Å². The van der Waals surface area contributed by atoms with Crippen LogP contribution in [0.1, 0.15) is 32.1 Å². The fourth-order valence-electron chi connectivity index (χ4n) is 5.48. The Kier molecular flexibility index (Phi) is 3.57. The molecule has 4 aliphatic rings. The standard InChI is InChI=1S/C21H20N2O4/c24-20-18-15-10-11-16(17(15)12-4-2-1-3-5-12)19(18)21(25)22(20)13-6-8-14(9-7-13)23(26)27/h6-11,15-16,18-19H,1-5H2/t15-,16+,18+,19-.